The maximum absolute atomic E-state index is 11.1. The number of hydrogen-bond acceptors (Lipinski definition) is 2. The number of nitrogens with one attached hydrogen (secondary N) is 1. The first-order chi connectivity index (χ1) is 7.26. The highest BCUT2D eigenvalue weighted by Gasteiger charge is 1.92. The molecular formula is C12H15NO2. The van der Waals surface area contributed by atoms with Crippen LogP contribution in [0, 0.1) is 0 Å². The van der Waals surface area contributed by atoms with E-state index in [9.17, 15) is 4.79 Å². The molecule has 15 heavy (non-hydrogen) atoms. The summed E-state index contributed by atoms with van der Waals surface area (Å²) >= 11 is 0. The molecule has 0 spiro atoms. The van der Waals surface area contributed by atoms with Crippen molar-refractivity contribution in [1.82, 2.24) is 5.32 Å². The van der Waals surface area contributed by atoms with Crippen LogP contribution in [0.1, 0.15) is 12.5 Å². The average molecular weight is 205 g/mol. The van der Waals surface area contributed by atoms with Crippen molar-refractivity contribution in [1.29, 1.82) is 0 Å². The molecule has 0 unspecified atom stereocenters. The first-order valence-electron chi connectivity index (χ1n) is 4.86. The molecule has 0 fully saturated rings. The van der Waals surface area contributed by atoms with Gasteiger partial charge in [0.25, 0.3) is 0 Å². The summed E-state index contributed by atoms with van der Waals surface area (Å²) in [4.78, 5) is 11.1. The van der Waals surface area contributed by atoms with Gasteiger partial charge < -0.3 is 10.1 Å². The van der Waals surface area contributed by atoms with Gasteiger partial charge in [-0.3, -0.25) is 4.79 Å². The van der Waals surface area contributed by atoms with Gasteiger partial charge in [0.05, 0.1) is 7.11 Å². The summed E-state index contributed by atoms with van der Waals surface area (Å²) in [7, 11) is 1.62. The van der Waals surface area contributed by atoms with Crippen LogP contribution < -0.4 is 10.1 Å². The number of carbonyl (C=O) groups excluding carboxylic acids is 1. The second-order valence-corrected chi connectivity index (χ2v) is 3.00. The number of rotatable bonds is 4. The van der Waals surface area contributed by atoms with E-state index >= 15 is 0 Å². The average Bonchev–Trinajstić information content (AvgIpc) is 2.27. The second kappa shape index (κ2) is 5.86. The molecule has 0 saturated carbocycles. The quantitative estimate of drug-likeness (QED) is 0.762. The topological polar surface area (TPSA) is 38.3 Å². The van der Waals surface area contributed by atoms with Crippen molar-refractivity contribution in [3.63, 3.8) is 0 Å². The Morgan fingerprint density at radius 3 is 2.60 bits per heavy atom. The van der Waals surface area contributed by atoms with Crippen LogP contribution in [-0.2, 0) is 4.79 Å². The van der Waals surface area contributed by atoms with Crippen LogP contribution >= 0.6 is 0 Å². The van der Waals surface area contributed by atoms with Gasteiger partial charge in [0.2, 0.25) is 5.91 Å². The standard InChI is InChI=1S/C12H15NO2/c1-3-13-12(14)9-6-10-4-7-11(15-2)8-5-10/h4-9H,3H2,1-2H3,(H,13,14). The largest absolute Gasteiger partial charge is 0.497 e. The monoisotopic (exact) mass is 205 g/mol. The SMILES string of the molecule is CCNC(=O)C=Cc1ccc(OC)cc1. The van der Waals surface area contributed by atoms with Crippen LogP contribution in [0.3, 0.4) is 0 Å². The molecule has 0 aliphatic rings. The van der Waals surface area contributed by atoms with Gasteiger partial charge in [0.1, 0.15) is 5.75 Å². The fourth-order valence-electron chi connectivity index (χ4n) is 1.12. The lowest BCUT2D eigenvalue weighted by atomic mass is 10.2. The molecular weight excluding hydrogens is 190 g/mol. The Morgan fingerprint density at radius 2 is 2.07 bits per heavy atom. The molecule has 0 radical (unpaired) electrons. The van der Waals surface area contributed by atoms with Crippen molar-refractivity contribution in [3.05, 3.63) is 35.9 Å². The molecule has 1 aromatic rings. The highest BCUT2D eigenvalue weighted by Crippen LogP contribution is 2.11. The highest BCUT2D eigenvalue weighted by molar-refractivity contribution is 5.91. The first kappa shape index (κ1) is 11.3. The third-order valence-electron chi connectivity index (χ3n) is 1.89. The van der Waals surface area contributed by atoms with Crippen molar-refractivity contribution in [3.8, 4) is 5.75 Å². The van der Waals surface area contributed by atoms with Crippen molar-refractivity contribution in [2.24, 2.45) is 0 Å². The van der Waals surface area contributed by atoms with Gasteiger partial charge >= 0.3 is 0 Å². The van der Waals surface area contributed by atoms with Gasteiger partial charge in [-0.05, 0) is 30.7 Å². The molecule has 0 atom stereocenters. The van der Waals surface area contributed by atoms with E-state index in [1.165, 1.54) is 6.08 Å². The van der Waals surface area contributed by atoms with Gasteiger partial charge in [0.15, 0.2) is 0 Å². The smallest absolute Gasteiger partial charge is 0.243 e. The third-order valence-corrected chi connectivity index (χ3v) is 1.89. The fraction of sp³-hybridized carbons (Fsp3) is 0.250. The summed E-state index contributed by atoms with van der Waals surface area (Å²) in [6.45, 7) is 2.53. The van der Waals surface area contributed by atoms with Gasteiger partial charge in [-0.25, -0.2) is 0 Å². The summed E-state index contributed by atoms with van der Waals surface area (Å²) in [6, 6.07) is 7.51. The Bertz CT molecular complexity index is 341. The van der Waals surface area contributed by atoms with E-state index in [2.05, 4.69) is 5.32 Å². The molecule has 3 nitrogen and oxygen atoms in total. The summed E-state index contributed by atoms with van der Waals surface area (Å²) in [6.07, 6.45) is 3.29. The lowest BCUT2D eigenvalue weighted by Gasteiger charge is -1.99. The van der Waals surface area contributed by atoms with Crippen LogP contribution in [0.4, 0.5) is 0 Å². The molecule has 1 rings (SSSR count). The number of methoxy groups -OCH3 is 1. The van der Waals surface area contributed by atoms with E-state index in [4.69, 9.17) is 4.74 Å². The molecule has 0 aliphatic carbocycles. The third kappa shape index (κ3) is 3.85. The molecule has 0 heterocycles. The minimum absolute atomic E-state index is 0.0756. The lowest BCUT2D eigenvalue weighted by Crippen LogP contribution is -2.19. The van der Waals surface area contributed by atoms with Gasteiger partial charge in [0, 0.05) is 12.6 Å². The Morgan fingerprint density at radius 1 is 1.40 bits per heavy atom. The minimum Gasteiger partial charge on any atom is -0.497 e. The Labute approximate surface area is 89.8 Å². The van der Waals surface area contributed by atoms with Crippen molar-refractivity contribution in [2.45, 2.75) is 6.92 Å². The van der Waals surface area contributed by atoms with Crippen LogP contribution in [0.25, 0.3) is 6.08 Å². The van der Waals surface area contributed by atoms with Gasteiger partial charge in [-0.1, -0.05) is 12.1 Å². The maximum atomic E-state index is 11.1. The van der Waals surface area contributed by atoms with Crippen molar-refractivity contribution in [2.75, 3.05) is 13.7 Å². The molecule has 0 aliphatic heterocycles. The number of amides is 1. The molecule has 0 saturated heterocycles. The molecule has 1 amide bonds. The van der Waals surface area contributed by atoms with E-state index in [0.717, 1.165) is 11.3 Å². The zero-order chi connectivity index (χ0) is 11.1. The van der Waals surface area contributed by atoms with Crippen LogP contribution in [0.2, 0.25) is 0 Å². The van der Waals surface area contributed by atoms with Gasteiger partial charge in [-0.15, -0.1) is 0 Å². The van der Waals surface area contributed by atoms with E-state index in [-0.39, 0.29) is 5.91 Å². The highest BCUT2D eigenvalue weighted by atomic mass is 16.5. The molecule has 0 aromatic heterocycles. The van der Waals surface area contributed by atoms with Gasteiger partial charge in [-0.2, -0.15) is 0 Å². The molecule has 1 aromatic carbocycles. The number of carbonyl (C=O) groups is 1. The van der Waals surface area contributed by atoms with Crippen molar-refractivity contribution >= 4 is 12.0 Å². The first-order valence-corrected chi connectivity index (χ1v) is 4.86. The van der Waals surface area contributed by atoms with Crippen LogP contribution in [-0.4, -0.2) is 19.6 Å². The van der Waals surface area contributed by atoms with E-state index in [1.54, 1.807) is 13.2 Å². The molecule has 1 N–H and O–H groups in total. The predicted octanol–water partition coefficient (Wildman–Crippen LogP) is 1.84. The maximum Gasteiger partial charge on any atom is 0.243 e. The van der Waals surface area contributed by atoms with Crippen LogP contribution in [0.15, 0.2) is 30.3 Å². The summed E-state index contributed by atoms with van der Waals surface area (Å²) in [5, 5.41) is 2.69. The zero-order valence-corrected chi connectivity index (χ0v) is 8.99. The Balaban J connectivity index is 2.60. The summed E-state index contributed by atoms with van der Waals surface area (Å²) in [5.74, 6) is 0.735. The minimum atomic E-state index is -0.0756. The number of likely N-dealkylation sites (N-methyl/N-ethyl adjacent to an activating group) is 1. The molecule has 0 bridgehead atoms. The predicted molar refractivity (Wildman–Crippen MR) is 60.7 cm³/mol. The molecule has 80 valence electrons. The summed E-state index contributed by atoms with van der Waals surface area (Å²) in [5.41, 5.74) is 0.974. The Kier molecular flexibility index (Phi) is 4.41. The van der Waals surface area contributed by atoms with E-state index < -0.39 is 0 Å². The Hall–Kier alpha value is -1.77. The summed E-state index contributed by atoms with van der Waals surface area (Å²) < 4.78 is 5.03. The van der Waals surface area contributed by atoms with E-state index in [1.807, 2.05) is 31.2 Å². The fourth-order valence-corrected chi connectivity index (χ4v) is 1.12. The molecule has 3 heteroatoms. The normalized spacial score (nSPS) is 10.3. The zero-order valence-electron chi connectivity index (χ0n) is 8.99. The number of hydrogen-bond donors (Lipinski definition) is 1. The number of benzene rings is 1. The van der Waals surface area contributed by atoms with E-state index in [0.29, 0.717) is 6.54 Å². The van der Waals surface area contributed by atoms with Crippen LogP contribution in [0.5, 0.6) is 5.75 Å². The number of ether oxygens (including phenoxy) is 1. The lowest BCUT2D eigenvalue weighted by molar-refractivity contribution is -0.116. The second-order valence-electron chi connectivity index (χ2n) is 3.00. The van der Waals surface area contributed by atoms with Crippen molar-refractivity contribution < 1.29 is 9.53 Å².